The summed E-state index contributed by atoms with van der Waals surface area (Å²) in [6.07, 6.45) is -6.51. The van der Waals surface area contributed by atoms with Crippen molar-refractivity contribution in [1.29, 1.82) is 0 Å². The van der Waals surface area contributed by atoms with Gasteiger partial charge in [0.15, 0.2) is 6.67 Å². The van der Waals surface area contributed by atoms with Gasteiger partial charge in [-0.2, -0.15) is 30.7 Å². The zero-order chi connectivity index (χ0) is 20.3. The monoisotopic (exact) mass is 415 g/mol. The van der Waals surface area contributed by atoms with Gasteiger partial charge in [0, 0.05) is 5.69 Å². The van der Waals surface area contributed by atoms with Gasteiger partial charge in [-0.1, -0.05) is 11.6 Å². The van der Waals surface area contributed by atoms with Gasteiger partial charge in [-0.25, -0.2) is 9.18 Å². The van der Waals surface area contributed by atoms with Gasteiger partial charge in [0.2, 0.25) is 0 Å². The number of benzene rings is 1. The van der Waals surface area contributed by atoms with Crippen LogP contribution in [0.1, 0.15) is 0 Å². The molecule has 26 heavy (non-hydrogen) atoms. The molecule has 0 spiro atoms. The lowest BCUT2D eigenvalue weighted by Gasteiger charge is -2.32. The Bertz CT molecular complexity index is 658. The molecule has 1 atom stereocenters. The number of carbonyl (C=O) groups is 1. The van der Waals surface area contributed by atoms with Crippen LogP contribution in [0.2, 0.25) is 5.02 Å². The van der Waals surface area contributed by atoms with Crippen molar-refractivity contribution in [3.63, 3.8) is 0 Å². The Hall–Kier alpha value is -1.98. The normalized spacial score (nSPS) is 13.9. The number of alkyl halides is 8. The van der Waals surface area contributed by atoms with E-state index in [1.807, 2.05) is 0 Å². The summed E-state index contributed by atoms with van der Waals surface area (Å²) in [4.78, 5) is 11.3. The Balaban J connectivity index is 2.87. The molecular formula is C13H10ClF8NO3. The highest BCUT2D eigenvalue weighted by Gasteiger charge is 2.76. The number of nitrogens with one attached hydrogen (secondary N) is 1. The average molecular weight is 416 g/mol. The minimum atomic E-state index is -6.46. The third kappa shape index (κ3) is 4.22. The number of amides is 1. The summed E-state index contributed by atoms with van der Waals surface area (Å²) >= 11 is 5.69. The Morgan fingerprint density at radius 3 is 2.27 bits per heavy atom. The Morgan fingerprint density at radius 1 is 1.23 bits per heavy atom. The molecule has 1 rings (SSSR count). The maximum atomic E-state index is 13.3. The molecule has 1 aromatic carbocycles. The second-order valence-electron chi connectivity index (χ2n) is 4.73. The maximum absolute atomic E-state index is 13.3. The highest BCUT2D eigenvalue weighted by molar-refractivity contribution is 6.32. The Morgan fingerprint density at radius 2 is 1.81 bits per heavy atom. The van der Waals surface area contributed by atoms with Crippen LogP contribution in [0.4, 0.5) is 45.6 Å². The highest BCUT2D eigenvalue weighted by Crippen LogP contribution is 2.48. The van der Waals surface area contributed by atoms with E-state index in [-0.39, 0.29) is 16.5 Å². The molecule has 13 heteroatoms. The van der Waals surface area contributed by atoms with Crippen molar-refractivity contribution in [3.05, 3.63) is 23.2 Å². The zero-order valence-electron chi connectivity index (χ0n) is 12.6. The summed E-state index contributed by atoms with van der Waals surface area (Å²) in [7, 11) is 1.26. The van der Waals surface area contributed by atoms with Gasteiger partial charge in [0.1, 0.15) is 5.75 Å². The molecule has 148 valence electrons. The molecule has 1 N–H and O–H groups in total. The molecule has 0 aliphatic carbocycles. The molecule has 0 bridgehead atoms. The third-order valence-electron chi connectivity index (χ3n) is 2.94. The van der Waals surface area contributed by atoms with Crippen molar-refractivity contribution in [2.75, 3.05) is 19.1 Å². The molecule has 0 saturated carbocycles. The zero-order valence-corrected chi connectivity index (χ0v) is 13.4. The summed E-state index contributed by atoms with van der Waals surface area (Å²) in [6.45, 7) is -3.18. The van der Waals surface area contributed by atoms with Gasteiger partial charge in [-0.15, -0.1) is 0 Å². The van der Waals surface area contributed by atoms with E-state index in [1.165, 1.54) is 13.2 Å². The number of carbonyl (C=O) groups excluding carboxylic acids is 1. The van der Waals surface area contributed by atoms with E-state index in [0.717, 1.165) is 12.1 Å². The van der Waals surface area contributed by atoms with Gasteiger partial charge >= 0.3 is 30.2 Å². The van der Waals surface area contributed by atoms with E-state index in [9.17, 15) is 39.9 Å². The van der Waals surface area contributed by atoms with E-state index >= 15 is 0 Å². The number of anilines is 1. The van der Waals surface area contributed by atoms with E-state index in [0.29, 0.717) is 0 Å². The number of hydrogen-bond acceptors (Lipinski definition) is 3. The van der Waals surface area contributed by atoms with Gasteiger partial charge in [0.25, 0.3) is 0 Å². The van der Waals surface area contributed by atoms with Crippen molar-refractivity contribution in [2.24, 2.45) is 0 Å². The SMILES string of the molecule is COc1ccc(NC(=O)O[C@@H](F)C(F)(F)C(F)(F)C(F)(F)CF)cc1Cl. The fraction of sp³-hybridized carbons (Fsp3) is 0.462. The third-order valence-corrected chi connectivity index (χ3v) is 3.23. The Labute approximate surface area is 146 Å². The quantitative estimate of drug-likeness (QED) is 0.633. The predicted molar refractivity (Wildman–Crippen MR) is 73.8 cm³/mol. The fourth-order valence-corrected chi connectivity index (χ4v) is 1.79. The van der Waals surface area contributed by atoms with E-state index in [2.05, 4.69) is 4.74 Å². The lowest BCUT2D eigenvalue weighted by atomic mass is 10.1. The lowest BCUT2D eigenvalue weighted by Crippen LogP contribution is -2.60. The number of methoxy groups -OCH3 is 1. The van der Waals surface area contributed by atoms with Gasteiger partial charge < -0.3 is 9.47 Å². The van der Waals surface area contributed by atoms with Gasteiger partial charge in [-0.3, -0.25) is 5.32 Å². The first kappa shape index (κ1) is 22.1. The van der Waals surface area contributed by atoms with Crippen LogP contribution in [0.15, 0.2) is 18.2 Å². The minimum absolute atomic E-state index is 0.0680. The molecule has 0 aliphatic rings. The lowest BCUT2D eigenvalue weighted by molar-refractivity contribution is -0.348. The molecule has 0 radical (unpaired) electrons. The average Bonchev–Trinajstić information content (AvgIpc) is 2.54. The summed E-state index contributed by atoms with van der Waals surface area (Å²) in [6, 6.07) is 3.32. The van der Waals surface area contributed by atoms with Crippen molar-refractivity contribution in [2.45, 2.75) is 24.1 Å². The molecular weight excluding hydrogens is 406 g/mol. The van der Waals surface area contributed by atoms with Gasteiger partial charge in [-0.05, 0) is 18.2 Å². The second kappa shape index (κ2) is 7.72. The number of hydrogen-bond donors (Lipinski definition) is 1. The molecule has 4 nitrogen and oxygen atoms in total. The molecule has 0 unspecified atom stereocenters. The molecule has 0 heterocycles. The minimum Gasteiger partial charge on any atom is -0.495 e. The first-order valence-corrected chi connectivity index (χ1v) is 6.82. The van der Waals surface area contributed by atoms with Crippen LogP contribution in [0.3, 0.4) is 0 Å². The van der Waals surface area contributed by atoms with E-state index in [4.69, 9.17) is 16.3 Å². The second-order valence-corrected chi connectivity index (χ2v) is 5.14. The molecule has 0 fully saturated rings. The van der Waals surface area contributed by atoms with Crippen LogP contribution in [-0.2, 0) is 4.74 Å². The van der Waals surface area contributed by atoms with Crippen LogP contribution >= 0.6 is 11.6 Å². The standard InChI is InChI=1S/C13H10ClF8NO3/c1-25-8-3-2-6(4-7(8)14)23-10(24)26-9(16)12(19,20)13(21,22)11(17,18)5-15/h2-4,9H,5H2,1H3,(H,23,24)/t9-/m1/s1. The summed E-state index contributed by atoms with van der Waals surface area (Å²) in [5, 5.41) is 1.59. The first-order chi connectivity index (χ1) is 11.8. The van der Waals surface area contributed by atoms with Crippen LogP contribution in [-0.4, -0.2) is 44.0 Å². The molecule has 0 saturated heterocycles. The molecule has 0 aromatic heterocycles. The number of rotatable bonds is 7. The largest absolute Gasteiger partial charge is 0.495 e. The highest BCUT2D eigenvalue weighted by atomic mass is 35.5. The van der Waals surface area contributed by atoms with Crippen LogP contribution < -0.4 is 10.1 Å². The van der Waals surface area contributed by atoms with E-state index in [1.54, 1.807) is 5.32 Å². The molecule has 0 aliphatic heterocycles. The van der Waals surface area contributed by atoms with Crippen molar-refractivity contribution in [3.8, 4) is 5.75 Å². The summed E-state index contributed by atoms with van der Waals surface area (Å²) in [5.74, 6) is -18.4. The molecule has 1 amide bonds. The summed E-state index contributed by atoms with van der Waals surface area (Å²) < 4.78 is 111. The van der Waals surface area contributed by atoms with Crippen LogP contribution in [0.5, 0.6) is 5.75 Å². The van der Waals surface area contributed by atoms with Crippen molar-refractivity contribution in [1.82, 2.24) is 0 Å². The number of halogens is 9. The topological polar surface area (TPSA) is 47.6 Å². The fourth-order valence-electron chi connectivity index (χ4n) is 1.53. The first-order valence-electron chi connectivity index (χ1n) is 6.44. The smallest absolute Gasteiger partial charge is 0.414 e. The summed E-state index contributed by atoms with van der Waals surface area (Å²) in [5.41, 5.74) is -0.239. The van der Waals surface area contributed by atoms with Crippen LogP contribution in [0, 0.1) is 0 Å². The van der Waals surface area contributed by atoms with Crippen molar-refractivity contribution < 1.29 is 49.4 Å². The van der Waals surface area contributed by atoms with Gasteiger partial charge in [0.05, 0.1) is 12.1 Å². The molecule has 1 aromatic rings. The number of ether oxygens (including phenoxy) is 2. The predicted octanol–water partition coefficient (Wildman–Crippen LogP) is 5.07. The van der Waals surface area contributed by atoms with E-state index < -0.39 is 36.9 Å². The maximum Gasteiger partial charge on any atom is 0.414 e. The Kier molecular flexibility index (Phi) is 6.55. The van der Waals surface area contributed by atoms with Crippen molar-refractivity contribution >= 4 is 23.4 Å². The van der Waals surface area contributed by atoms with Crippen LogP contribution in [0.25, 0.3) is 0 Å².